The molecule has 0 amide bonds. The Bertz CT molecular complexity index is 199. The smallest absolute Gasteiger partial charge is 0.00107 e. The number of nitrogens with one attached hydrogen (secondary N) is 1. The van der Waals surface area contributed by atoms with Gasteiger partial charge in [0, 0.05) is 13.1 Å². The maximum atomic E-state index is 3.48. The van der Waals surface area contributed by atoms with Crippen molar-refractivity contribution in [3.63, 3.8) is 0 Å². The van der Waals surface area contributed by atoms with Crippen LogP contribution in [0, 0.1) is 11.8 Å². The minimum atomic E-state index is 0.924. The first kappa shape index (κ1) is 17.0. The van der Waals surface area contributed by atoms with Gasteiger partial charge in [-0.05, 0) is 57.2 Å². The minimum Gasteiger partial charge on any atom is -0.317 e. The molecule has 0 aromatic carbocycles. The summed E-state index contributed by atoms with van der Waals surface area (Å²) >= 11 is 0. The van der Waals surface area contributed by atoms with Gasteiger partial charge in [0.25, 0.3) is 0 Å². The zero-order valence-electron chi connectivity index (χ0n) is 13.6. The summed E-state index contributed by atoms with van der Waals surface area (Å²) in [6, 6.07) is 0. The van der Waals surface area contributed by atoms with Crippen molar-refractivity contribution in [2.75, 3.05) is 32.7 Å². The van der Waals surface area contributed by atoms with Crippen molar-refractivity contribution in [2.45, 2.75) is 65.7 Å². The Hall–Kier alpha value is -0.0800. The van der Waals surface area contributed by atoms with Crippen LogP contribution in [0.4, 0.5) is 0 Å². The largest absolute Gasteiger partial charge is 0.317 e. The second-order valence-electron chi connectivity index (χ2n) is 6.37. The maximum absolute atomic E-state index is 3.48. The Balaban J connectivity index is 2.36. The van der Waals surface area contributed by atoms with Crippen molar-refractivity contribution >= 4 is 0 Å². The van der Waals surface area contributed by atoms with E-state index >= 15 is 0 Å². The molecule has 1 aliphatic rings. The van der Waals surface area contributed by atoms with Crippen LogP contribution in [0.1, 0.15) is 65.7 Å². The molecule has 0 bridgehead atoms. The first-order valence-corrected chi connectivity index (χ1v) is 8.73. The summed E-state index contributed by atoms with van der Waals surface area (Å²) in [4.78, 5) is 2.76. The zero-order chi connectivity index (χ0) is 13.9. The molecule has 1 rings (SSSR count). The molecule has 0 aromatic rings. The molecule has 0 radical (unpaired) electrons. The molecule has 1 atom stereocenters. The van der Waals surface area contributed by atoms with Crippen LogP contribution in [0.5, 0.6) is 0 Å². The van der Waals surface area contributed by atoms with Crippen molar-refractivity contribution in [3.8, 4) is 0 Å². The fourth-order valence-corrected chi connectivity index (χ4v) is 3.29. The summed E-state index contributed by atoms with van der Waals surface area (Å²) in [6.45, 7) is 13.5. The highest BCUT2D eigenvalue weighted by Gasteiger charge is 2.18. The van der Waals surface area contributed by atoms with Gasteiger partial charge in [-0.25, -0.2) is 0 Å². The third kappa shape index (κ3) is 7.31. The van der Waals surface area contributed by atoms with Crippen LogP contribution in [-0.2, 0) is 0 Å². The minimum absolute atomic E-state index is 0.924. The van der Waals surface area contributed by atoms with E-state index in [9.17, 15) is 0 Å². The zero-order valence-corrected chi connectivity index (χ0v) is 13.6. The topological polar surface area (TPSA) is 15.3 Å². The van der Waals surface area contributed by atoms with Crippen LogP contribution < -0.4 is 5.32 Å². The lowest BCUT2D eigenvalue weighted by Crippen LogP contribution is -2.38. The summed E-state index contributed by atoms with van der Waals surface area (Å²) in [7, 11) is 0. The number of rotatable bonds is 10. The Morgan fingerprint density at radius 3 is 2.42 bits per heavy atom. The summed E-state index contributed by atoms with van der Waals surface area (Å²) in [5.41, 5.74) is 0. The first-order valence-electron chi connectivity index (χ1n) is 8.73. The van der Waals surface area contributed by atoms with E-state index in [4.69, 9.17) is 0 Å². The van der Waals surface area contributed by atoms with Gasteiger partial charge in [-0.15, -0.1) is 0 Å². The van der Waals surface area contributed by atoms with E-state index in [1.807, 2.05) is 0 Å². The van der Waals surface area contributed by atoms with E-state index in [1.54, 1.807) is 0 Å². The van der Waals surface area contributed by atoms with E-state index in [0.717, 1.165) is 11.8 Å². The van der Waals surface area contributed by atoms with Crippen LogP contribution in [0.15, 0.2) is 0 Å². The quantitative estimate of drug-likeness (QED) is 0.646. The van der Waals surface area contributed by atoms with E-state index in [2.05, 4.69) is 31.0 Å². The third-order valence-electron chi connectivity index (χ3n) is 4.57. The monoisotopic (exact) mass is 268 g/mol. The van der Waals surface area contributed by atoms with Crippen LogP contribution in [0.25, 0.3) is 0 Å². The normalized spacial score (nSPS) is 18.9. The molecule has 1 unspecified atom stereocenters. The average molecular weight is 268 g/mol. The molecule has 1 fully saturated rings. The maximum Gasteiger partial charge on any atom is 0.00107 e. The molecule has 19 heavy (non-hydrogen) atoms. The fourth-order valence-electron chi connectivity index (χ4n) is 3.29. The summed E-state index contributed by atoms with van der Waals surface area (Å²) in [5.74, 6) is 1.87. The Kier molecular flexibility index (Phi) is 9.54. The van der Waals surface area contributed by atoms with Gasteiger partial charge < -0.3 is 10.2 Å². The lowest BCUT2D eigenvalue weighted by Gasteiger charge is -2.32. The lowest BCUT2D eigenvalue weighted by molar-refractivity contribution is 0.173. The molecule has 0 aromatic heterocycles. The number of piperidine rings is 1. The molecule has 0 aliphatic carbocycles. The van der Waals surface area contributed by atoms with Crippen LogP contribution in [0.2, 0.25) is 0 Å². The average Bonchev–Trinajstić information content (AvgIpc) is 2.44. The predicted octanol–water partition coefficient (Wildman–Crippen LogP) is 3.91. The highest BCUT2D eigenvalue weighted by atomic mass is 15.1. The second-order valence-corrected chi connectivity index (χ2v) is 6.37. The van der Waals surface area contributed by atoms with Crippen molar-refractivity contribution < 1.29 is 0 Å². The van der Waals surface area contributed by atoms with E-state index in [0.29, 0.717) is 0 Å². The van der Waals surface area contributed by atoms with Crippen LogP contribution in [-0.4, -0.2) is 37.6 Å². The molecule has 0 spiro atoms. The lowest BCUT2D eigenvalue weighted by atomic mass is 9.95. The Labute approximate surface area is 121 Å². The Morgan fingerprint density at radius 2 is 1.84 bits per heavy atom. The second kappa shape index (κ2) is 10.7. The van der Waals surface area contributed by atoms with Gasteiger partial charge in [0.2, 0.25) is 0 Å². The van der Waals surface area contributed by atoms with E-state index < -0.39 is 0 Å². The van der Waals surface area contributed by atoms with E-state index in [-0.39, 0.29) is 0 Å². The van der Waals surface area contributed by atoms with Gasteiger partial charge in [-0.2, -0.15) is 0 Å². The van der Waals surface area contributed by atoms with Crippen LogP contribution >= 0.6 is 0 Å². The predicted molar refractivity (Wildman–Crippen MR) is 85.6 cm³/mol. The highest BCUT2D eigenvalue weighted by molar-refractivity contribution is 4.74. The van der Waals surface area contributed by atoms with Gasteiger partial charge >= 0.3 is 0 Å². The molecule has 1 heterocycles. The van der Waals surface area contributed by atoms with E-state index in [1.165, 1.54) is 77.7 Å². The highest BCUT2D eigenvalue weighted by Crippen LogP contribution is 2.18. The van der Waals surface area contributed by atoms with Gasteiger partial charge in [0.1, 0.15) is 0 Å². The van der Waals surface area contributed by atoms with Crippen molar-refractivity contribution in [1.82, 2.24) is 10.2 Å². The molecule has 1 N–H and O–H groups in total. The number of unbranched alkanes of at least 4 members (excludes halogenated alkanes) is 1. The molecular weight excluding hydrogens is 232 g/mol. The van der Waals surface area contributed by atoms with Gasteiger partial charge in [0.05, 0.1) is 0 Å². The standard InChI is InChI=1S/C17H36N2/c1-4-7-8-16(6-3)14-19(13-5-2)15-17-9-11-18-12-10-17/h16-18H,4-15H2,1-3H3. The van der Waals surface area contributed by atoms with Crippen molar-refractivity contribution in [3.05, 3.63) is 0 Å². The molecule has 1 aliphatic heterocycles. The Morgan fingerprint density at radius 1 is 1.11 bits per heavy atom. The molecule has 2 nitrogen and oxygen atoms in total. The third-order valence-corrected chi connectivity index (χ3v) is 4.57. The molecule has 114 valence electrons. The molecular formula is C17H36N2. The fraction of sp³-hybridized carbons (Fsp3) is 1.00. The molecule has 2 heteroatoms. The summed E-state index contributed by atoms with van der Waals surface area (Å²) in [6.07, 6.45) is 9.60. The SMILES string of the molecule is CCCCC(CC)CN(CCC)CC1CCNCC1. The number of nitrogens with zero attached hydrogens (tertiary/aromatic N) is 1. The molecule has 1 saturated heterocycles. The number of hydrogen-bond donors (Lipinski definition) is 1. The summed E-state index contributed by atoms with van der Waals surface area (Å²) < 4.78 is 0. The summed E-state index contributed by atoms with van der Waals surface area (Å²) in [5, 5.41) is 3.48. The van der Waals surface area contributed by atoms with Gasteiger partial charge in [-0.1, -0.05) is 40.0 Å². The van der Waals surface area contributed by atoms with Crippen molar-refractivity contribution in [1.29, 1.82) is 0 Å². The van der Waals surface area contributed by atoms with Gasteiger partial charge in [-0.3, -0.25) is 0 Å². The van der Waals surface area contributed by atoms with Crippen molar-refractivity contribution in [2.24, 2.45) is 11.8 Å². The number of hydrogen-bond acceptors (Lipinski definition) is 2. The molecule has 0 saturated carbocycles. The first-order chi connectivity index (χ1) is 9.30. The van der Waals surface area contributed by atoms with Gasteiger partial charge in [0.15, 0.2) is 0 Å². The van der Waals surface area contributed by atoms with Crippen LogP contribution in [0.3, 0.4) is 0 Å².